The maximum Gasteiger partial charge on any atom is 0.389 e. The fourth-order valence-electron chi connectivity index (χ4n) is 1.34. The molecule has 1 aromatic rings. The Hall–Kier alpha value is -0.550. The van der Waals surface area contributed by atoms with Crippen molar-refractivity contribution in [2.75, 3.05) is 13.6 Å². The van der Waals surface area contributed by atoms with Crippen molar-refractivity contribution in [3.05, 3.63) is 22.4 Å². The minimum absolute atomic E-state index is 0.357. The Bertz CT molecular complexity index is 256. The van der Waals surface area contributed by atoms with Gasteiger partial charge in [0.1, 0.15) is 0 Å². The zero-order chi connectivity index (χ0) is 10.6. The van der Waals surface area contributed by atoms with E-state index in [1.165, 1.54) is 11.3 Å². The molecule has 0 radical (unpaired) electrons. The summed E-state index contributed by atoms with van der Waals surface area (Å²) in [5.74, 6) is -0.466. The number of thiophene rings is 1. The highest BCUT2D eigenvalue weighted by Crippen LogP contribution is 2.31. The average Bonchev–Trinajstić information content (AvgIpc) is 2.52. The minimum Gasteiger partial charge on any atom is -0.319 e. The van der Waals surface area contributed by atoms with Crippen LogP contribution >= 0.6 is 11.3 Å². The van der Waals surface area contributed by atoms with Gasteiger partial charge in [-0.2, -0.15) is 24.5 Å². The second kappa shape index (κ2) is 4.79. The van der Waals surface area contributed by atoms with Gasteiger partial charge < -0.3 is 5.32 Å². The van der Waals surface area contributed by atoms with Gasteiger partial charge in [0.05, 0.1) is 6.42 Å². The standard InChI is InChI=1S/C9H12F3NS/c1-13-5-8(4-9(10,11)12)7-2-3-14-6-7/h2-3,6,8,13H,4-5H2,1H3. The van der Waals surface area contributed by atoms with Crippen molar-refractivity contribution in [1.82, 2.24) is 5.32 Å². The predicted molar refractivity (Wildman–Crippen MR) is 51.7 cm³/mol. The summed E-state index contributed by atoms with van der Waals surface area (Å²) >= 11 is 1.42. The van der Waals surface area contributed by atoms with E-state index in [1.807, 2.05) is 0 Å². The molecule has 1 N–H and O–H groups in total. The molecular formula is C9H12F3NS. The van der Waals surface area contributed by atoms with Crippen LogP contribution in [0.1, 0.15) is 17.9 Å². The first-order chi connectivity index (χ1) is 6.53. The van der Waals surface area contributed by atoms with Crippen LogP contribution in [0.5, 0.6) is 0 Å². The monoisotopic (exact) mass is 223 g/mol. The molecule has 0 aliphatic carbocycles. The molecule has 0 spiro atoms. The van der Waals surface area contributed by atoms with Crippen LogP contribution in [-0.4, -0.2) is 19.8 Å². The van der Waals surface area contributed by atoms with Crippen LogP contribution in [0.25, 0.3) is 0 Å². The van der Waals surface area contributed by atoms with Gasteiger partial charge in [-0.05, 0) is 29.4 Å². The molecule has 0 saturated carbocycles. The lowest BCUT2D eigenvalue weighted by atomic mass is 9.98. The summed E-state index contributed by atoms with van der Waals surface area (Å²) in [6, 6.07) is 1.75. The molecule has 1 aromatic heterocycles. The number of alkyl halides is 3. The summed E-state index contributed by atoms with van der Waals surface area (Å²) in [4.78, 5) is 0. The van der Waals surface area contributed by atoms with E-state index in [9.17, 15) is 13.2 Å². The Morgan fingerprint density at radius 1 is 1.50 bits per heavy atom. The number of hydrogen-bond acceptors (Lipinski definition) is 2. The molecule has 0 aliphatic heterocycles. The van der Waals surface area contributed by atoms with Gasteiger partial charge in [-0.1, -0.05) is 0 Å². The van der Waals surface area contributed by atoms with Crippen molar-refractivity contribution in [3.8, 4) is 0 Å². The van der Waals surface area contributed by atoms with Crippen LogP contribution in [0.15, 0.2) is 16.8 Å². The Morgan fingerprint density at radius 2 is 2.21 bits per heavy atom. The number of rotatable bonds is 4. The molecular weight excluding hydrogens is 211 g/mol. The molecule has 80 valence electrons. The van der Waals surface area contributed by atoms with Crippen molar-refractivity contribution in [3.63, 3.8) is 0 Å². The number of hydrogen-bond donors (Lipinski definition) is 1. The Labute approximate surface area is 84.9 Å². The van der Waals surface area contributed by atoms with Gasteiger partial charge in [0.2, 0.25) is 0 Å². The van der Waals surface area contributed by atoms with Gasteiger partial charge in [0.15, 0.2) is 0 Å². The van der Waals surface area contributed by atoms with E-state index < -0.39 is 18.5 Å². The molecule has 1 rings (SSSR count). The first-order valence-corrected chi connectivity index (χ1v) is 5.20. The SMILES string of the molecule is CNCC(CC(F)(F)F)c1ccsc1. The maximum absolute atomic E-state index is 12.2. The number of nitrogens with one attached hydrogen (secondary N) is 1. The van der Waals surface area contributed by atoms with Gasteiger partial charge in [0, 0.05) is 12.5 Å². The van der Waals surface area contributed by atoms with E-state index in [4.69, 9.17) is 0 Å². The molecule has 0 amide bonds. The van der Waals surface area contributed by atoms with Gasteiger partial charge in [-0.3, -0.25) is 0 Å². The van der Waals surface area contributed by atoms with Gasteiger partial charge in [-0.25, -0.2) is 0 Å². The normalized spacial score (nSPS) is 14.3. The molecule has 5 heteroatoms. The minimum atomic E-state index is -4.09. The first-order valence-electron chi connectivity index (χ1n) is 4.26. The fraction of sp³-hybridized carbons (Fsp3) is 0.556. The van der Waals surface area contributed by atoms with E-state index >= 15 is 0 Å². The second-order valence-corrected chi connectivity index (χ2v) is 3.91. The van der Waals surface area contributed by atoms with Crippen LogP contribution in [0.4, 0.5) is 13.2 Å². The summed E-state index contributed by atoms with van der Waals surface area (Å²) < 4.78 is 36.6. The smallest absolute Gasteiger partial charge is 0.319 e. The summed E-state index contributed by atoms with van der Waals surface area (Å²) in [7, 11) is 1.66. The van der Waals surface area contributed by atoms with E-state index in [0.717, 1.165) is 5.56 Å². The highest BCUT2D eigenvalue weighted by Gasteiger charge is 2.32. The Morgan fingerprint density at radius 3 is 2.64 bits per heavy atom. The highest BCUT2D eigenvalue weighted by molar-refractivity contribution is 7.07. The highest BCUT2D eigenvalue weighted by atomic mass is 32.1. The van der Waals surface area contributed by atoms with Crippen molar-refractivity contribution in [2.45, 2.75) is 18.5 Å². The number of halogens is 3. The third kappa shape index (κ3) is 3.67. The molecule has 0 bridgehead atoms. The lowest BCUT2D eigenvalue weighted by Crippen LogP contribution is -2.22. The molecule has 0 aliphatic rings. The summed E-state index contributed by atoms with van der Waals surface area (Å²) in [5, 5.41) is 6.35. The molecule has 14 heavy (non-hydrogen) atoms. The molecule has 0 saturated heterocycles. The van der Waals surface area contributed by atoms with Crippen molar-refractivity contribution >= 4 is 11.3 Å². The second-order valence-electron chi connectivity index (χ2n) is 3.13. The number of likely N-dealkylation sites (N-methyl/N-ethyl adjacent to an activating group) is 1. The molecule has 0 aromatic carbocycles. The average molecular weight is 223 g/mol. The summed E-state index contributed by atoms with van der Waals surface area (Å²) in [5.41, 5.74) is 0.765. The quantitative estimate of drug-likeness (QED) is 0.827. The Balaban J connectivity index is 2.65. The van der Waals surface area contributed by atoms with Crippen LogP contribution in [0, 0.1) is 0 Å². The van der Waals surface area contributed by atoms with Crippen molar-refractivity contribution in [2.24, 2.45) is 0 Å². The lowest BCUT2D eigenvalue weighted by molar-refractivity contribution is -0.138. The predicted octanol–water partition coefficient (Wildman–Crippen LogP) is 3.00. The van der Waals surface area contributed by atoms with E-state index in [0.29, 0.717) is 6.54 Å². The molecule has 1 atom stereocenters. The summed E-state index contributed by atoms with van der Waals surface area (Å²) in [6.45, 7) is 0.357. The first kappa shape index (κ1) is 11.5. The van der Waals surface area contributed by atoms with Crippen molar-refractivity contribution < 1.29 is 13.2 Å². The topological polar surface area (TPSA) is 12.0 Å². The van der Waals surface area contributed by atoms with E-state index in [1.54, 1.807) is 23.9 Å². The fourth-order valence-corrected chi connectivity index (χ4v) is 2.08. The molecule has 0 fully saturated rings. The molecule has 1 heterocycles. The molecule has 1 unspecified atom stereocenters. The van der Waals surface area contributed by atoms with Crippen LogP contribution in [-0.2, 0) is 0 Å². The van der Waals surface area contributed by atoms with E-state index in [2.05, 4.69) is 5.32 Å². The van der Waals surface area contributed by atoms with Gasteiger partial charge in [0.25, 0.3) is 0 Å². The van der Waals surface area contributed by atoms with Crippen LogP contribution < -0.4 is 5.32 Å². The Kier molecular flexibility index (Phi) is 3.95. The van der Waals surface area contributed by atoms with Crippen molar-refractivity contribution in [1.29, 1.82) is 0 Å². The summed E-state index contributed by atoms with van der Waals surface area (Å²) in [6.07, 6.45) is -4.85. The van der Waals surface area contributed by atoms with Crippen LogP contribution in [0.3, 0.4) is 0 Å². The zero-order valence-corrected chi connectivity index (χ0v) is 8.58. The van der Waals surface area contributed by atoms with E-state index in [-0.39, 0.29) is 0 Å². The van der Waals surface area contributed by atoms with Crippen LogP contribution in [0.2, 0.25) is 0 Å². The maximum atomic E-state index is 12.2. The molecule has 1 nitrogen and oxygen atoms in total. The van der Waals surface area contributed by atoms with Gasteiger partial charge >= 0.3 is 6.18 Å². The largest absolute Gasteiger partial charge is 0.389 e. The van der Waals surface area contributed by atoms with Gasteiger partial charge in [-0.15, -0.1) is 0 Å². The third-order valence-electron chi connectivity index (χ3n) is 1.94. The zero-order valence-electron chi connectivity index (χ0n) is 7.77. The third-order valence-corrected chi connectivity index (χ3v) is 2.64. The lowest BCUT2D eigenvalue weighted by Gasteiger charge is -2.17.